The summed E-state index contributed by atoms with van der Waals surface area (Å²) in [6.07, 6.45) is 3.59. The molecule has 1 saturated carbocycles. The fourth-order valence-electron chi connectivity index (χ4n) is 1.61. The molecule has 0 bridgehead atoms. The van der Waals surface area contributed by atoms with Gasteiger partial charge in [0.05, 0.1) is 13.2 Å². The van der Waals surface area contributed by atoms with Crippen LogP contribution in [0.15, 0.2) is 18.3 Å². The number of pyridine rings is 1. The van der Waals surface area contributed by atoms with Gasteiger partial charge < -0.3 is 15.2 Å². The SMILES string of the molecule is COc1ccc(CN[C@H]2CC[C@@H]2O)cn1. The summed E-state index contributed by atoms with van der Waals surface area (Å²) in [5.74, 6) is 0.627. The maximum atomic E-state index is 9.37. The molecule has 4 nitrogen and oxygen atoms in total. The van der Waals surface area contributed by atoms with Gasteiger partial charge in [-0.25, -0.2) is 4.98 Å². The molecule has 0 spiro atoms. The van der Waals surface area contributed by atoms with Crippen LogP contribution in [-0.2, 0) is 6.54 Å². The first kappa shape index (κ1) is 10.4. The molecule has 2 atom stereocenters. The molecule has 2 rings (SSSR count). The maximum absolute atomic E-state index is 9.37. The van der Waals surface area contributed by atoms with Gasteiger partial charge in [-0.05, 0) is 18.4 Å². The fraction of sp³-hybridized carbons (Fsp3) is 0.545. The van der Waals surface area contributed by atoms with E-state index in [1.165, 1.54) is 0 Å². The Morgan fingerprint density at radius 2 is 2.40 bits per heavy atom. The highest BCUT2D eigenvalue weighted by molar-refractivity contribution is 5.17. The highest BCUT2D eigenvalue weighted by Gasteiger charge is 2.27. The Hall–Kier alpha value is -1.13. The van der Waals surface area contributed by atoms with Crippen LogP contribution < -0.4 is 10.1 Å². The predicted octanol–water partition coefficient (Wildman–Crippen LogP) is 0.703. The van der Waals surface area contributed by atoms with Gasteiger partial charge in [-0.1, -0.05) is 6.07 Å². The van der Waals surface area contributed by atoms with Gasteiger partial charge in [0.1, 0.15) is 0 Å². The molecule has 82 valence electrons. The molecule has 1 aliphatic carbocycles. The highest BCUT2D eigenvalue weighted by Crippen LogP contribution is 2.19. The van der Waals surface area contributed by atoms with E-state index in [2.05, 4.69) is 10.3 Å². The van der Waals surface area contributed by atoms with Crippen molar-refractivity contribution < 1.29 is 9.84 Å². The van der Waals surface area contributed by atoms with Crippen molar-refractivity contribution in [2.24, 2.45) is 0 Å². The van der Waals surface area contributed by atoms with E-state index in [1.807, 2.05) is 12.1 Å². The Morgan fingerprint density at radius 3 is 2.87 bits per heavy atom. The first-order valence-electron chi connectivity index (χ1n) is 5.20. The molecule has 0 radical (unpaired) electrons. The second kappa shape index (κ2) is 4.59. The van der Waals surface area contributed by atoms with E-state index in [0.29, 0.717) is 5.88 Å². The smallest absolute Gasteiger partial charge is 0.212 e. The van der Waals surface area contributed by atoms with E-state index in [0.717, 1.165) is 24.9 Å². The second-order valence-electron chi connectivity index (χ2n) is 3.84. The van der Waals surface area contributed by atoms with E-state index in [-0.39, 0.29) is 12.1 Å². The fourth-order valence-corrected chi connectivity index (χ4v) is 1.61. The molecular formula is C11H16N2O2. The number of aliphatic hydroxyl groups excluding tert-OH is 1. The lowest BCUT2D eigenvalue weighted by atomic mass is 9.89. The molecule has 0 aliphatic heterocycles. The second-order valence-corrected chi connectivity index (χ2v) is 3.84. The van der Waals surface area contributed by atoms with Crippen LogP contribution in [0.2, 0.25) is 0 Å². The molecule has 1 aromatic rings. The minimum absolute atomic E-state index is 0.170. The van der Waals surface area contributed by atoms with E-state index in [4.69, 9.17) is 4.74 Å². The first-order valence-corrected chi connectivity index (χ1v) is 5.20. The molecule has 1 aromatic heterocycles. The summed E-state index contributed by atoms with van der Waals surface area (Å²) < 4.78 is 4.97. The van der Waals surface area contributed by atoms with Crippen LogP contribution in [0.4, 0.5) is 0 Å². The van der Waals surface area contributed by atoms with Gasteiger partial charge in [0.2, 0.25) is 5.88 Å². The molecule has 0 unspecified atom stereocenters. The minimum Gasteiger partial charge on any atom is -0.481 e. The Balaban J connectivity index is 1.82. The third kappa shape index (κ3) is 2.46. The molecule has 2 N–H and O–H groups in total. The van der Waals surface area contributed by atoms with Gasteiger partial charge in [0.15, 0.2) is 0 Å². The molecule has 0 saturated heterocycles. The molecule has 0 amide bonds. The largest absolute Gasteiger partial charge is 0.481 e. The van der Waals surface area contributed by atoms with Gasteiger partial charge in [0.25, 0.3) is 0 Å². The summed E-state index contributed by atoms with van der Waals surface area (Å²) in [5.41, 5.74) is 1.11. The van der Waals surface area contributed by atoms with Gasteiger partial charge in [-0.2, -0.15) is 0 Å². The number of methoxy groups -OCH3 is 1. The zero-order valence-electron chi connectivity index (χ0n) is 8.81. The zero-order chi connectivity index (χ0) is 10.7. The number of rotatable bonds is 4. The molecule has 15 heavy (non-hydrogen) atoms. The summed E-state index contributed by atoms with van der Waals surface area (Å²) in [4.78, 5) is 4.11. The number of aromatic nitrogens is 1. The third-order valence-electron chi connectivity index (χ3n) is 2.81. The summed E-state index contributed by atoms with van der Waals surface area (Å²) in [5, 5.41) is 12.7. The number of ether oxygens (including phenoxy) is 1. The molecular weight excluding hydrogens is 192 g/mol. The van der Waals surface area contributed by atoms with Crippen LogP contribution in [0.3, 0.4) is 0 Å². The van der Waals surface area contributed by atoms with Gasteiger partial charge in [-0.3, -0.25) is 0 Å². The van der Waals surface area contributed by atoms with Crippen molar-refractivity contribution in [1.29, 1.82) is 0 Å². The highest BCUT2D eigenvalue weighted by atomic mass is 16.5. The lowest BCUT2D eigenvalue weighted by Crippen LogP contribution is -2.47. The van der Waals surface area contributed by atoms with Crippen molar-refractivity contribution >= 4 is 0 Å². The summed E-state index contributed by atoms with van der Waals surface area (Å²) >= 11 is 0. The molecule has 1 aliphatic rings. The zero-order valence-corrected chi connectivity index (χ0v) is 8.81. The van der Waals surface area contributed by atoms with E-state index < -0.39 is 0 Å². The molecule has 4 heteroatoms. The van der Waals surface area contributed by atoms with Crippen LogP contribution in [0, 0.1) is 0 Å². The normalized spacial score (nSPS) is 24.7. The van der Waals surface area contributed by atoms with Crippen molar-refractivity contribution in [3.8, 4) is 5.88 Å². The average Bonchev–Trinajstić information content (AvgIpc) is 2.28. The maximum Gasteiger partial charge on any atom is 0.212 e. The third-order valence-corrected chi connectivity index (χ3v) is 2.81. The lowest BCUT2D eigenvalue weighted by molar-refractivity contribution is 0.0492. The van der Waals surface area contributed by atoms with Crippen molar-refractivity contribution in [2.75, 3.05) is 7.11 Å². The molecule has 1 heterocycles. The predicted molar refractivity (Wildman–Crippen MR) is 56.7 cm³/mol. The Labute approximate surface area is 89.3 Å². The summed E-state index contributed by atoms with van der Waals surface area (Å²) in [7, 11) is 1.60. The number of nitrogens with one attached hydrogen (secondary N) is 1. The van der Waals surface area contributed by atoms with Crippen molar-refractivity contribution in [2.45, 2.75) is 31.5 Å². The van der Waals surface area contributed by atoms with Gasteiger partial charge in [0, 0.05) is 24.8 Å². The van der Waals surface area contributed by atoms with E-state index in [1.54, 1.807) is 13.3 Å². The van der Waals surface area contributed by atoms with Crippen molar-refractivity contribution in [3.05, 3.63) is 23.9 Å². The summed E-state index contributed by atoms with van der Waals surface area (Å²) in [6, 6.07) is 4.07. The molecule has 1 fully saturated rings. The van der Waals surface area contributed by atoms with Crippen LogP contribution >= 0.6 is 0 Å². The van der Waals surface area contributed by atoms with Crippen LogP contribution in [0.25, 0.3) is 0 Å². The van der Waals surface area contributed by atoms with Crippen molar-refractivity contribution in [3.63, 3.8) is 0 Å². The minimum atomic E-state index is -0.170. The number of hydrogen-bond donors (Lipinski definition) is 2. The Bertz CT molecular complexity index is 313. The Morgan fingerprint density at radius 1 is 1.53 bits per heavy atom. The standard InChI is InChI=1S/C11H16N2O2/c1-15-11-5-2-8(7-13-11)6-12-9-3-4-10(9)14/h2,5,7,9-10,12,14H,3-4,6H2,1H3/t9-,10-/m0/s1. The lowest BCUT2D eigenvalue weighted by Gasteiger charge is -2.33. The monoisotopic (exact) mass is 208 g/mol. The Kier molecular flexibility index (Phi) is 3.18. The topological polar surface area (TPSA) is 54.4 Å². The quantitative estimate of drug-likeness (QED) is 0.765. The van der Waals surface area contributed by atoms with Gasteiger partial charge in [-0.15, -0.1) is 0 Å². The van der Waals surface area contributed by atoms with Crippen molar-refractivity contribution in [1.82, 2.24) is 10.3 Å². The number of aliphatic hydroxyl groups is 1. The number of nitrogens with zero attached hydrogens (tertiary/aromatic N) is 1. The van der Waals surface area contributed by atoms with E-state index in [9.17, 15) is 5.11 Å². The number of hydrogen-bond acceptors (Lipinski definition) is 4. The first-order chi connectivity index (χ1) is 7.29. The summed E-state index contributed by atoms with van der Waals surface area (Å²) in [6.45, 7) is 0.749. The van der Waals surface area contributed by atoms with Crippen LogP contribution in [0.5, 0.6) is 5.88 Å². The van der Waals surface area contributed by atoms with Crippen LogP contribution in [0.1, 0.15) is 18.4 Å². The molecule has 0 aromatic carbocycles. The van der Waals surface area contributed by atoms with Crippen LogP contribution in [-0.4, -0.2) is 29.3 Å². The average molecular weight is 208 g/mol. The van der Waals surface area contributed by atoms with E-state index >= 15 is 0 Å². The van der Waals surface area contributed by atoms with Gasteiger partial charge >= 0.3 is 0 Å².